The second-order valence-corrected chi connectivity index (χ2v) is 3.80. The number of alkyl halides is 3. The first-order chi connectivity index (χ1) is 7.44. The van der Waals surface area contributed by atoms with Crippen molar-refractivity contribution >= 4 is 6.03 Å². The third-order valence-electron chi connectivity index (χ3n) is 2.54. The van der Waals surface area contributed by atoms with Crippen molar-refractivity contribution < 1.29 is 23.1 Å². The number of urea groups is 1. The van der Waals surface area contributed by atoms with Gasteiger partial charge in [-0.1, -0.05) is 0 Å². The highest BCUT2D eigenvalue weighted by Gasteiger charge is 2.31. The van der Waals surface area contributed by atoms with Gasteiger partial charge in [-0.15, -0.1) is 0 Å². The molecular formula is C9H15F3N2O2. The fourth-order valence-corrected chi connectivity index (χ4v) is 1.74. The van der Waals surface area contributed by atoms with Gasteiger partial charge in [-0.2, -0.15) is 13.2 Å². The maximum Gasteiger partial charge on any atom is 0.405 e. The van der Waals surface area contributed by atoms with Crippen LogP contribution in [0.3, 0.4) is 0 Å². The first kappa shape index (κ1) is 13.1. The second-order valence-electron chi connectivity index (χ2n) is 3.80. The quantitative estimate of drug-likeness (QED) is 0.759. The van der Waals surface area contributed by atoms with Gasteiger partial charge in [-0.3, -0.25) is 0 Å². The smallest absolute Gasteiger partial charge is 0.394 e. The van der Waals surface area contributed by atoms with Gasteiger partial charge in [0.15, 0.2) is 0 Å². The molecule has 0 aromatic carbocycles. The normalized spacial score (nSPS) is 22.0. The van der Waals surface area contributed by atoms with Crippen molar-refractivity contribution in [3.8, 4) is 0 Å². The van der Waals surface area contributed by atoms with Crippen LogP contribution in [0.15, 0.2) is 0 Å². The zero-order valence-corrected chi connectivity index (χ0v) is 8.76. The third-order valence-corrected chi connectivity index (χ3v) is 2.54. The molecule has 2 amide bonds. The van der Waals surface area contributed by atoms with Crippen molar-refractivity contribution in [2.45, 2.75) is 31.5 Å². The van der Waals surface area contributed by atoms with Gasteiger partial charge in [0.05, 0.1) is 12.6 Å². The van der Waals surface area contributed by atoms with E-state index in [4.69, 9.17) is 5.11 Å². The number of nitrogens with zero attached hydrogens (tertiary/aromatic N) is 1. The lowest BCUT2D eigenvalue weighted by atomic mass is 10.0. The van der Waals surface area contributed by atoms with Crippen LogP contribution in [0, 0.1) is 0 Å². The standard InChI is InChI=1S/C9H15F3N2O2/c10-9(11,12)6-13-8(16)14-4-2-1-3-7(14)5-15/h7,15H,1-6H2,(H,13,16). The number of rotatable bonds is 2. The maximum atomic E-state index is 11.9. The van der Waals surface area contributed by atoms with Gasteiger partial charge in [0.1, 0.15) is 6.54 Å². The van der Waals surface area contributed by atoms with Gasteiger partial charge in [0.25, 0.3) is 0 Å². The lowest BCUT2D eigenvalue weighted by molar-refractivity contribution is -0.123. The number of hydrogen-bond acceptors (Lipinski definition) is 2. The van der Waals surface area contributed by atoms with E-state index < -0.39 is 18.8 Å². The summed E-state index contributed by atoms with van der Waals surface area (Å²) in [6.07, 6.45) is -2.12. The molecule has 1 saturated heterocycles. The second kappa shape index (κ2) is 5.38. The van der Waals surface area contributed by atoms with Crippen molar-refractivity contribution in [3.05, 3.63) is 0 Å². The van der Waals surface area contributed by atoms with E-state index >= 15 is 0 Å². The van der Waals surface area contributed by atoms with Crippen molar-refractivity contribution in [3.63, 3.8) is 0 Å². The number of carbonyl (C=O) groups is 1. The Morgan fingerprint density at radius 2 is 2.12 bits per heavy atom. The number of aliphatic hydroxyl groups excluding tert-OH is 1. The minimum Gasteiger partial charge on any atom is -0.394 e. The SMILES string of the molecule is O=C(NCC(F)(F)F)N1CCCCC1CO. The molecule has 1 aliphatic rings. The third kappa shape index (κ3) is 3.88. The molecule has 1 atom stereocenters. The summed E-state index contributed by atoms with van der Waals surface area (Å²) in [7, 11) is 0. The number of piperidine rings is 1. The number of carbonyl (C=O) groups excluding carboxylic acids is 1. The first-order valence-corrected chi connectivity index (χ1v) is 5.16. The lowest BCUT2D eigenvalue weighted by Gasteiger charge is -2.34. The van der Waals surface area contributed by atoms with Gasteiger partial charge in [0.2, 0.25) is 0 Å². The summed E-state index contributed by atoms with van der Waals surface area (Å²) in [5, 5.41) is 10.8. The van der Waals surface area contributed by atoms with Gasteiger partial charge < -0.3 is 15.3 Å². The zero-order chi connectivity index (χ0) is 12.2. The van der Waals surface area contributed by atoms with Crippen molar-refractivity contribution in [1.29, 1.82) is 0 Å². The van der Waals surface area contributed by atoms with E-state index in [-0.39, 0.29) is 12.6 Å². The Balaban J connectivity index is 2.45. The van der Waals surface area contributed by atoms with E-state index in [2.05, 4.69) is 0 Å². The number of aliphatic hydroxyl groups is 1. The van der Waals surface area contributed by atoms with Crippen molar-refractivity contribution in [2.75, 3.05) is 19.7 Å². The molecule has 7 heteroatoms. The molecule has 0 bridgehead atoms. The van der Waals surface area contributed by atoms with E-state index in [1.165, 1.54) is 4.90 Å². The summed E-state index contributed by atoms with van der Waals surface area (Å²) in [5.41, 5.74) is 0. The summed E-state index contributed by atoms with van der Waals surface area (Å²) >= 11 is 0. The van der Waals surface area contributed by atoms with Crippen LogP contribution in [0.4, 0.5) is 18.0 Å². The highest BCUT2D eigenvalue weighted by Crippen LogP contribution is 2.17. The summed E-state index contributed by atoms with van der Waals surface area (Å²) in [6.45, 7) is -1.14. The molecule has 0 aromatic rings. The van der Waals surface area contributed by atoms with E-state index in [9.17, 15) is 18.0 Å². The van der Waals surface area contributed by atoms with Crippen molar-refractivity contribution in [2.24, 2.45) is 0 Å². The topological polar surface area (TPSA) is 52.6 Å². The van der Waals surface area contributed by atoms with E-state index in [0.29, 0.717) is 13.0 Å². The molecule has 1 heterocycles. The Bertz CT molecular complexity index is 245. The van der Waals surface area contributed by atoms with Crippen LogP contribution in [0.5, 0.6) is 0 Å². The average molecular weight is 240 g/mol. The number of likely N-dealkylation sites (tertiary alicyclic amines) is 1. The fraction of sp³-hybridized carbons (Fsp3) is 0.889. The number of hydrogen-bond donors (Lipinski definition) is 2. The molecule has 0 aromatic heterocycles. The predicted molar refractivity (Wildman–Crippen MR) is 50.9 cm³/mol. The highest BCUT2D eigenvalue weighted by molar-refractivity contribution is 5.74. The van der Waals surface area contributed by atoms with Gasteiger partial charge in [-0.25, -0.2) is 4.79 Å². The summed E-state index contributed by atoms with van der Waals surface area (Å²) < 4.78 is 35.6. The molecule has 0 aliphatic carbocycles. The lowest BCUT2D eigenvalue weighted by Crippen LogP contribution is -2.51. The average Bonchev–Trinajstić information content (AvgIpc) is 2.25. The molecule has 2 N–H and O–H groups in total. The monoisotopic (exact) mass is 240 g/mol. The molecule has 16 heavy (non-hydrogen) atoms. The van der Waals surface area contributed by atoms with Crippen LogP contribution in [0.25, 0.3) is 0 Å². The van der Waals surface area contributed by atoms with E-state index in [1.807, 2.05) is 5.32 Å². The minimum atomic E-state index is -4.40. The van der Waals surface area contributed by atoms with Crippen LogP contribution < -0.4 is 5.32 Å². The molecule has 94 valence electrons. The largest absolute Gasteiger partial charge is 0.405 e. The Morgan fingerprint density at radius 3 is 2.69 bits per heavy atom. The van der Waals surface area contributed by atoms with Crippen LogP contribution in [0.2, 0.25) is 0 Å². The molecule has 0 radical (unpaired) electrons. The molecule has 0 spiro atoms. The summed E-state index contributed by atoms with van der Waals surface area (Å²) in [6, 6.07) is -1.11. The molecule has 1 aliphatic heterocycles. The molecule has 1 fully saturated rings. The Labute approximate surface area is 91.4 Å². The summed E-state index contributed by atoms with van der Waals surface area (Å²) in [4.78, 5) is 12.7. The molecule has 1 unspecified atom stereocenters. The van der Waals surface area contributed by atoms with E-state index in [0.717, 1.165) is 12.8 Å². The molecule has 4 nitrogen and oxygen atoms in total. The Morgan fingerprint density at radius 1 is 1.44 bits per heavy atom. The van der Waals surface area contributed by atoms with Crippen LogP contribution in [0.1, 0.15) is 19.3 Å². The molecule has 0 saturated carbocycles. The first-order valence-electron chi connectivity index (χ1n) is 5.16. The summed E-state index contributed by atoms with van der Waals surface area (Å²) in [5.74, 6) is 0. The molecule has 1 rings (SSSR count). The Kier molecular flexibility index (Phi) is 4.40. The number of nitrogens with one attached hydrogen (secondary N) is 1. The minimum absolute atomic E-state index is 0.209. The number of amides is 2. The maximum absolute atomic E-state index is 11.9. The predicted octanol–water partition coefficient (Wildman–Crippen LogP) is 1.11. The fourth-order valence-electron chi connectivity index (χ4n) is 1.74. The van der Waals surface area contributed by atoms with Gasteiger partial charge in [-0.05, 0) is 19.3 Å². The zero-order valence-electron chi connectivity index (χ0n) is 8.76. The van der Waals surface area contributed by atoms with E-state index in [1.54, 1.807) is 0 Å². The van der Waals surface area contributed by atoms with Crippen LogP contribution >= 0.6 is 0 Å². The van der Waals surface area contributed by atoms with Gasteiger partial charge >= 0.3 is 12.2 Å². The molecular weight excluding hydrogens is 225 g/mol. The van der Waals surface area contributed by atoms with Crippen LogP contribution in [-0.2, 0) is 0 Å². The highest BCUT2D eigenvalue weighted by atomic mass is 19.4. The van der Waals surface area contributed by atoms with Crippen molar-refractivity contribution in [1.82, 2.24) is 10.2 Å². The Hall–Kier alpha value is -0.980. The number of halogens is 3. The van der Waals surface area contributed by atoms with Crippen LogP contribution in [-0.4, -0.2) is 48.0 Å². The van der Waals surface area contributed by atoms with Gasteiger partial charge in [0, 0.05) is 6.54 Å².